The van der Waals surface area contributed by atoms with Crippen LogP contribution in [0, 0.1) is 5.82 Å². The number of nitrogens with one attached hydrogen (secondary N) is 1. The zero-order chi connectivity index (χ0) is 13.9. The molecule has 6 nitrogen and oxygen atoms in total. The number of nitrogens with two attached hydrogens (primary N) is 1. The molecule has 0 fully saturated rings. The van der Waals surface area contributed by atoms with Crippen molar-refractivity contribution in [1.82, 2.24) is 9.97 Å². The highest BCUT2D eigenvalue weighted by Gasteiger charge is 2.19. The lowest BCUT2D eigenvalue weighted by Crippen LogP contribution is -2.15. The van der Waals surface area contributed by atoms with Gasteiger partial charge in [-0.2, -0.15) is 0 Å². The van der Waals surface area contributed by atoms with Gasteiger partial charge < -0.3 is 5.73 Å². The molecule has 0 amide bonds. The van der Waals surface area contributed by atoms with Crippen LogP contribution < -0.4 is 10.5 Å². The van der Waals surface area contributed by atoms with Gasteiger partial charge in [0.2, 0.25) is 0 Å². The molecule has 3 N–H and O–H groups in total. The van der Waals surface area contributed by atoms with E-state index in [-0.39, 0.29) is 12.2 Å². The summed E-state index contributed by atoms with van der Waals surface area (Å²) in [6.45, 7) is 0.136. The maximum absolute atomic E-state index is 13.7. The minimum atomic E-state index is -4.01. The fourth-order valence-corrected chi connectivity index (χ4v) is 2.54. The first kappa shape index (κ1) is 13.4. The van der Waals surface area contributed by atoms with E-state index in [4.69, 9.17) is 5.73 Å². The van der Waals surface area contributed by atoms with Gasteiger partial charge >= 0.3 is 0 Å². The van der Waals surface area contributed by atoms with Crippen molar-refractivity contribution >= 4 is 15.7 Å². The summed E-state index contributed by atoms with van der Waals surface area (Å²) in [6, 6.07) is 3.72. The van der Waals surface area contributed by atoms with Gasteiger partial charge in [0.25, 0.3) is 10.0 Å². The molecule has 0 aliphatic carbocycles. The topological polar surface area (TPSA) is 98.0 Å². The molecule has 2 aromatic rings. The molecule has 0 spiro atoms. The summed E-state index contributed by atoms with van der Waals surface area (Å²) < 4.78 is 39.9. The number of aromatic nitrogens is 2. The largest absolute Gasteiger partial charge is 0.326 e. The summed E-state index contributed by atoms with van der Waals surface area (Å²) in [5, 5.41) is 0. The van der Waals surface area contributed by atoms with Crippen molar-refractivity contribution in [3.8, 4) is 0 Å². The Hall–Kier alpha value is -2.06. The second-order valence-corrected chi connectivity index (χ2v) is 5.35. The monoisotopic (exact) mass is 282 g/mol. The Morgan fingerprint density at radius 2 is 1.95 bits per heavy atom. The summed E-state index contributed by atoms with van der Waals surface area (Å²) in [5.74, 6) is -0.854. The zero-order valence-electron chi connectivity index (χ0n) is 9.75. The third-order valence-electron chi connectivity index (χ3n) is 2.33. The van der Waals surface area contributed by atoms with E-state index in [9.17, 15) is 12.8 Å². The molecular weight excluding hydrogens is 271 g/mol. The number of sulfonamides is 1. The number of nitrogens with zero attached hydrogens (tertiary/aromatic N) is 2. The van der Waals surface area contributed by atoms with Gasteiger partial charge in [-0.05, 0) is 17.7 Å². The normalized spacial score (nSPS) is 11.3. The van der Waals surface area contributed by atoms with E-state index in [1.807, 2.05) is 0 Å². The molecule has 2 rings (SSSR count). The second-order valence-electron chi connectivity index (χ2n) is 3.70. The predicted octanol–water partition coefficient (Wildman–Crippen LogP) is 0.875. The molecular formula is C11H11FN4O2S. The first-order valence-corrected chi connectivity index (χ1v) is 6.77. The number of hydrogen-bond donors (Lipinski definition) is 2. The van der Waals surface area contributed by atoms with E-state index in [1.165, 1.54) is 30.9 Å². The average Bonchev–Trinajstić information content (AvgIpc) is 2.38. The maximum atomic E-state index is 13.7. The fourth-order valence-electron chi connectivity index (χ4n) is 1.45. The summed E-state index contributed by atoms with van der Waals surface area (Å²) in [5.41, 5.74) is 6.02. The van der Waals surface area contributed by atoms with Gasteiger partial charge in [0.1, 0.15) is 17.0 Å². The lowest BCUT2D eigenvalue weighted by atomic mass is 10.2. The number of halogens is 1. The quantitative estimate of drug-likeness (QED) is 0.867. The molecule has 0 saturated carbocycles. The summed E-state index contributed by atoms with van der Waals surface area (Å²) >= 11 is 0. The van der Waals surface area contributed by atoms with Crippen LogP contribution in [0.15, 0.2) is 41.8 Å². The summed E-state index contributed by atoms with van der Waals surface area (Å²) in [7, 11) is -4.01. The van der Waals surface area contributed by atoms with Gasteiger partial charge in [-0.3, -0.25) is 4.72 Å². The first-order valence-electron chi connectivity index (χ1n) is 5.29. The van der Waals surface area contributed by atoms with Crippen molar-refractivity contribution in [3.05, 3.63) is 48.3 Å². The minimum absolute atomic E-state index is 0.136. The van der Waals surface area contributed by atoms with E-state index in [0.29, 0.717) is 5.56 Å². The fraction of sp³-hybridized carbons (Fsp3) is 0.0909. The SMILES string of the molecule is NCc1ccc(S(=O)(=O)Nc2cncnc2)c(F)c1. The van der Waals surface area contributed by atoms with Gasteiger partial charge in [-0.15, -0.1) is 0 Å². The Kier molecular flexibility index (Phi) is 3.72. The van der Waals surface area contributed by atoms with E-state index in [1.54, 1.807) is 0 Å². The third-order valence-corrected chi connectivity index (χ3v) is 3.75. The Morgan fingerprint density at radius 3 is 2.53 bits per heavy atom. The van der Waals surface area contributed by atoms with Crippen LogP contribution >= 0.6 is 0 Å². The van der Waals surface area contributed by atoms with Crippen LogP contribution in [0.3, 0.4) is 0 Å². The van der Waals surface area contributed by atoms with Gasteiger partial charge in [0.05, 0.1) is 18.1 Å². The van der Waals surface area contributed by atoms with Crippen LogP contribution in [0.5, 0.6) is 0 Å². The van der Waals surface area contributed by atoms with Crippen LogP contribution in [0.25, 0.3) is 0 Å². The lowest BCUT2D eigenvalue weighted by molar-refractivity contribution is 0.569. The highest BCUT2D eigenvalue weighted by atomic mass is 32.2. The molecule has 19 heavy (non-hydrogen) atoms. The van der Waals surface area contributed by atoms with Crippen LogP contribution in [0.4, 0.5) is 10.1 Å². The highest BCUT2D eigenvalue weighted by Crippen LogP contribution is 2.19. The molecule has 0 aliphatic rings. The Morgan fingerprint density at radius 1 is 1.26 bits per heavy atom. The van der Waals surface area contributed by atoms with E-state index in [2.05, 4.69) is 14.7 Å². The summed E-state index contributed by atoms with van der Waals surface area (Å²) in [6.07, 6.45) is 3.81. The van der Waals surface area contributed by atoms with E-state index in [0.717, 1.165) is 6.07 Å². The van der Waals surface area contributed by atoms with E-state index < -0.39 is 20.7 Å². The number of hydrogen-bond acceptors (Lipinski definition) is 5. The molecule has 8 heteroatoms. The maximum Gasteiger partial charge on any atom is 0.264 e. The Labute approximate surface area is 109 Å². The molecule has 0 saturated heterocycles. The first-order chi connectivity index (χ1) is 9.03. The molecule has 1 aromatic heterocycles. The third kappa shape index (κ3) is 3.04. The number of rotatable bonds is 4. The van der Waals surface area contributed by atoms with Gasteiger partial charge in [0.15, 0.2) is 0 Å². The molecule has 0 atom stereocenters. The van der Waals surface area contributed by atoms with Crippen molar-refractivity contribution in [2.75, 3.05) is 4.72 Å². The van der Waals surface area contributed by atoms with Crippen molar-refractivity contribution in [1.29, 1.82) is 0 Å². The smallest absolute Gasteiger partial charge is 0.264 e. The zero-order valence-corrected chi connectivity index (χ0v) is 10.6. The highest BCUT2D eigenvalue weighted by molar-refractivity contribution is 7.92. The molecule has 1 aromatic carbocycles. The predicted molar refractivity (Wildman–Crippen MR) is 67.1 cm³/mol. The van der Waals surface area contributed by atoms with Crippen LogP contribution in [0.2, 0.25) is 0 Å². The van der Waals surface area contributed by atoms with Gasteiger partial charge in [-0.1, -0.05) is 6.07 Å². The standard InChI is InChI=1S/C11H11FN4O2S/c12-10-3-8(4-13)1-2-11(10)19(17,18)16-9-5-14-7-15-6-9/h1-3,5-7,16H,4,13H2. The van der Waals surface area contributed by atoms with Crippen LogP contribution in [-0.2, 0) is 16.6 Å². The molecule has 100 valence electrons. The van der Waals surface area contributed by atoms with Crippen LogP contribution in [0.1, 0.15) is 5.56 Å². The van der Waals surface area contributed by atoms with Crippen molar-refractivity contribution in [3.63, 3.8) is 0 Å². The van der Waals surface area contributed by atoms with Gasteiger partial charge in [-0.25, -0.2) is 22.8 Å². The van der Waals surface area contributed by atoms with Crippen molar-refractivity contribution in [2.45, 2.75) is 11.4 Å². The Balaban J connectivity index is 2.35. The van der Waals surface area contributed by atoms with E-state index >= 15 is 0 Å². The van der Waals surface area contributed by atoms with Crippen molar-refractivity contribution < 1.29 is 12.8 Å². The van der Waals surface area contributed by atoms with Crippen LogP contribution in [-0.4, -0.2) is 18.4 Å². The molecule has 0 unspecified atom stereocenters. The van der Waals surface area contributed by atoms with Crippen molar-refractivity contribution in [2.24, 2.45) is 5.73 Å². The minimum Gasteiger partial charge on any atom is -0.326 e. The average molecular weight is 282 g/mol. The van der Waals surface area contributed by atoms with Gasteiger partial charge in [0, 0.05) is 6.54 Å². The summed E-state index contributed by atoms with van der Waals surface area (Å²) in [4.78, 5) is 6.88. The lowest BCUT2D eigenvalue weighted by Gasteiger charge is -2.08. The Bertz CT molecular complexity index is 676. The second kappa shape index (κ2) is 5.29. The number of benzene rings is 1. The number of anilines is 1. The molecule has 0 radical (unpaired) electrons. The molecule has 1 heterocycles. The molecule has 0 aliphatic heterocycles. The molecule has 0 bridgehead atoms.